The molecule has 0 bridgehead atoms. The number of rotatable bonds is 8. The van der Waals surface area contributed by atoms with Gasteiger partial charge in [-0.3, -0.25) is 4.90 Å². The molecule has 33 heavy (non-hydrogen) atoms. The highest BCUT2D eigenvalue weighted by Gasteiger charge is 2.44. The highest BCUT2D eigenvalue weighted by molar-refractivity contribution is 5.85. The standard InChI is InChI=1S/C25H26F2N2O3.ClH/c26-25(27,18-30)24(29-15-13-28-14-16-29)19-11-12-22(31-20-7-3-1-4-8-20)23(17-19)32-21-9-5-2-6-10-21;/h1-12,17,24,28,30H,13-16,18H2;1H/t24-;/m1./s1. The van der Waals surface area contributed by atoms with Gasteiger partial charge in [-0.2, -0.15) is 0 Å². The van der Waals surface area contributed by atoms with Gasteiger partial charge >= 0.3 is 0 Å². The predicted molar refractivity (Wildman–Crippen MR) is 126 cm³/mol. The third kappa shape index (κ3) is 6.21. The topological polar surface area (TPSA) is 54.0 Å². The first-order chi connectivity index (χ1) is 15.6. The summed E-state index contributed by atoms with van der Waals surface area (Å²) in [5, 5.41) is 12.6. The van der Waals surface area contributed by atoms with Crippen molar-refractivity contribution in [3.05, 3.63) is 84.4 Å². The van der Waals surface area contributed by atoms with Crippen LogP contribution in [0.3, 0.4) is 0 Å². The lowest BCUT2D eigenvalue weighted by molar-refractivity contribution is -0.118. The first-order valence-electron chi connectivity index (χ1n) is 10.6. The Labute approximate surface area is 198 Å². The maximum Gasteiger partial charge on any atom is 0.289 e. The fourth-order valence-corrected chi connectivity index (χ4v) is 3.84. The Morgan fingerprint density at radius 3 is 1.94 bits per heavy atom. The molecular weight excluding hydrogens is 450 g/mol. The molecule has 176 valence electrons. The summed E-state index contributed by atoms with van der Waals surface area (Å²) in [5.74, 6) is -1.40. The van der Waals surface area contributed by atoms with Gasteiger partial charge in [0.25, 0.3) is 5.92 Å². The van der Waals surface area contributed by atoms with Crippen LogP contribution in [0.5, 0.6) is 23.0 Å². The van der Waals surface area contributed by atoms with Gasteiger partial charge in [-0.25, -0.2) is 8.78 Å². The maximum atomic E-state index is 14.9. The second-order valence-corrected chi connectivity index (χ2v) is 7.64. The molecule has 3 aromatic rings. The van der Waals surface area contributed by atoms with E-state index in [4.69, 9.17) is 9.47 Å². The highest BCUT2D eigenvalue weighted by atomic mass is 35.5. The van der Waals surface area contributed by atoms with Gasteiger partial charge in [-0.1, -0.05) is 42.5 Å². The Balaban J connectivity index is 0.00000306. The van der Waals surface area contributed by atoms with Crippen LogP contribution in [0.15, 0.2) is 78.9 Å². The van der Waals surface area contributed by atoms with Gasteiger partial charge in [-0.05, 0) is 42.0 Å². The average Bonchev–Trinajstić information content (AvgIpc) is 2.83. The SMILES string of the molecule is Cl.OCC(F)(F)[C@@H](c1ccc(Oc2ccccc2)c(Oc2ccccc2)c1)N1CCNCC1. The van der Waals surface area contributed by atoms with Gasteiger partial charge in [0.1, 0.15) is 24.1 Å². The van der Waals surface area contributed by atoms with Crippen LogP contribution in [0.1, 0.15) is 11.6 Å². The van der Waals surface area contributed by atoms with Crippen molar-refractivity contribution in [2.24, 2.45) is 0 Å². The van der Waals surface area contributed by atoms with Crippen LogP contribution in [0.25, 0.3) is 0 Å². The quantitative estimate of drug-likeness (QED) is 0.464. The van der Waals surface area contributed by atoms with Gasteiger partial charge in [0.15, 0.2) is 11.5 Å². The molecule has 1 aliphatic rings. The first-order valence-corrected chi connectivity index (χ1v) is 10.6. The van der Waals surface area contributed by atoms with Crippen LogP contribution in [0, 0.1) is 0 Å². The Morgan fingerprint density at radius 2 is 1.39 bits per heavy atom. The highest BCUT2D eigenvalue weighted by Crippen LogP contribution is 2.42. The van der Waals surface area contributed by atoms with Crippen molar-refractivity contribution in [2.75, 3.05) is 32.8 Å². The molecule has 4 rings (SSSR count). The molecule has 1 fully saturated rings. The second-order valence-electron chi connectivity index (χ2n) is 7.64. The van der Waals surface area contributed by atoms with Gasteiger partial charge < -0.3 is 19.9 Å². The van der Waals surface area contributed by atoms with Crippen molar-refractivity contribution in [1.29, 1.82) is 0 Å². The number of ether oxygens (including phenoxy) is 2. The summed E-state index contributed by atoms with van der Waals surface area (Å²) in [6.07, 6.45) is 0. The average molecular weight is 477 g/mol. The smallest absolute Gasteiger partial charge is 0.289 e. The molecule has 0 radical (unpaired) electrons. The molecule has 1 heterocycles. The fraction of sp³-hybridized carbons (Fsp3) is 0.280. The zero-order valence-corrected chi connectivity index (χ0v) is 18.8. The molecule has 1 atom stereocenters. The molecule has 5 nitrogen and oxygen atoms in total. The fourth-order valence-electron chi connectivity index (χ4n) is 3.84. The molecular formula is C25H27ClF2N2O3. The largest absolute Gasteiger partial charge is 0.453 e. The minimum absolute atomic E-state index is 0. The van der Waals surface area contributed by atoms with E-state index < -0.39 is 18.6 Å². The molecule has 0 amide bonds. The van der Waals surface area contributed by atoms with E-state index in [2.05, 4.69) is 5.32 Å². The van der Waals surface area contributed by atoms with Crippen molar-refractivity contribution in [2.45, 2.75) is 12.0 Å². The zero-order valence-electron chi connectivity index (χ0n) is 18.0. The van der Waals surface area contributed by atoms with Crippen molar-refractivity contribution in [3.63, 3.8) is 0 Å². The van der Waals surface area contributed by atoms with E-state index in [1.165, 1.54) is 0 Å². The number of aliphatic hydroxyl groups is 1. The van der Waals surface area contributed by atoms with E-state index in [-0.39, 0.29) is 12.4 Å². The van der Waals surface area contributed by atoms with Crippen molar-refractivity contribution >= 4 is 12.4 Å². The van der Waals surface area contributed by atoms with Gasteiger partial charge in [0.2, 0.25) is 0 Å². The number of halogens is 3. The summed E-state index contributed by atoms with van der Waals surface area (Å²) in [7, 11) is 0. The molecule has 1 saturated heterocycles. The van der Waals surface area contributed by atoms with E-state index >= 15 is 0 Å². The number of aliphatic hydroxyl groups excluding tert-OH is 1. The van der Waals surface area contributed by atoms with E-state index in [0.717, 1.165) is 0 Å². The summed E-state index contributed by atoms with van der Waals surface area (Å²) in [6, 6.07) is 21.9. The minimum atomic E-state index is -3.32. The molecule has 0 aromatic heterocycles. The number of benzene rings is 3. The Kier molecular flexibility index (Phi) is 8.63. The Bertz CT molecular complexity index is 1000. The van der Waals surface area contributed by atoms with E-state index in [9.17, 15) is 13.9 Å². The summed E-state index contributed by atoms with van der Waals surface area (Å²) >= 11 is 0. The van der Waals surface area contributed by atoms with Crippen molar-refractivity contribution in [1.82, 2.24) is 10.2 Å². The summed E-state index contributed by atoms with van der Waals surface area (Å²) in [5.41, 5.74) is 0.359. The van der Waals surface area contributed by atoms with Gasteiger partial charge in [-0.15, -0.1) is 12.4 Å². The van der Waals surface area contributed by atoms with E-state index in [1.807, 2.05) is 48.5 Å². The molecule has 2 N–H and O–H groups in total. The maximum absolute atomic E-state index is 14.9. The third-order valence-corrected chi connectivity index (χ3v) is 5.35. The van der Waals surface area contributed by atoms with Crippen LogP contribution in [-0.4, -0.2) is 48.7 Å². The number of alkyl halides is 2. The minimum Gasteiger partial charge on any atom is -0.453 e. The molecule has 0 saturated carbocycles. The lowest BCUT2D eigenvalue weighted by Crippen LogP contribution is -2.51. The Morgan fingerprint density at radius 1 is 0.848 bits per heavy atom. The Hall–Kier alpha value is -2.71. The van der Waals surface area contributed by atoms with Crippen molar-refractivity contribution in [3.8, 4) is 23.0 Å². The number of hydrogen-bond acceptors (Lipinski definition) is 5. The molecule has 3 aromatic carbocycles. The summed E-state index contributed by atoms with van der Waals surface area (Å²) in [4.78, 5) is 1.70. The summed E-state index contributed by atoms with van der Waals surface area (Å²) < 4.78 is 41.9. The van der Waals surface area contributed by atoms with Crippen LogP contribution < -0.4 is 14.8 Å². The van der Waals surface area contributed by atoms with Gasteiger partial charge in [0.05, 0.1) is 0 Å². The normalized spacial score (nSPS) is 15.4. The lowest BCUT2D eigenvalue weighted by Gasteiger charge is -2.38. The molecule has 0 unspecified atom stereocenters. The summed E-state index contributed by atoms with van der Waals surface area (Å²) in [6.45, 7) is 0.898. The second kappa shape index (κ2) is 11.4. The monoisotopic (exact) mass is 476 g/mol. The number of nitrogens with one attached hydrogen (secondary N) is 1. The number of hydrogen-bond donors (Lipinski definition) is 2. The molecule has 0 aliphatic carbocycles. The predicted octanol–water partition coefficient (Wildman–Crippen LogP) is 5.27. The zero-order chi connectivity index (χ0) is 22.4. The van der Waals surface area contributed by atoms with Gasteiger partial charge in [0, 0.05) is 26.2 Å². The number of piperazine rings is 1. The van der Waals surface area contributed by atoms with E-state index in [1.54, 1.807) is 35.2 Å². The van der Waals surface area contributed by atoms with E-state index in [0.29, 0.717) is 54.7 Å². The third-order valence-electron chi connectivity index (χ3n) is 5.35. The first kappa shape index (κ1) is 24.9. The molecule has 1 aliphatic heterocycles. The van der Waals surface area contributed by atoms with Crippen molar-refractivity contribution < 1.29 is 23.4 Å². The number of para-hydroxylation sites is 2. The van der Waals surface area contributed by atoms with Crippen LogP contribution in [0.4, 0.5) is 8.78 Å². The lowest BCUT2D eigenvalue weighted by atomic mass is 9.97. The van der Waals surface area contributed by atoms with Crippen LogP contribution in [0.2, 0.25) is 0 Å². The molecule has 0 spiro atoms. The molecule has 8 heteroatoms. The van der Waals surface area contributed by atoms with Crippen LogP contribution >= 0.6 is 12.4 Å². The number of nitrogens with zero attached hydrogens (tertiary/aromatic N) is 1. The van der Waals surface area contributed by atoms with Crippen LogP contribution in [-0.2, 0) is 0 Å².